The second-order valence-corrected chi connectivity index (χ2v) is 20.8. The third-order valence-corrected chi connectivity index (χ3v) is 15.4. The van der Waals surface area contributed by atoms with Gasteiger partial charge in [0.05, 0.1) is 16.9 Å². The molecule has 4 aromatic heterocycles. The molecule has 0 fully saturated rings. The van der Waals surface area contributed by atoms with Crippen LogP contribution in [-0.4, -0.2) is 11.3 Å². The molecular weight excluding hydrogens is 756 g/mol. The van der Waals surface area contributed by atoms with Crippen molar-refractivity contribution in [1.29, 1.82) is 0 Å². The summed E-state index contributed by atoms with van der Waals surface area (Å²) >= 11 is 3.87. The van der Waals surface area contributed by atoms with Crippen molar-refractivity contribution in [3.63, 3.8) is 0 Å². The molecule has 6 heteroatoms. The van der Waals surface area contributed by atoms with Crippen molar-refractivity contribution >= 4 is 125 Å². The van der Waals surface area contributed by atoms with Gasteiger partial charge in [-0.15, -0.1) is 22.7 Å². The zero-order valence-corrected chi connectivity index (χ0v) is 36.0. The number of nitrogens with zero attached hydrogens (tertiary/aromatic N) is 1. The fourth-order valence-corrected chi connectivity index (χ4v) is 12.1. The summed E-state index contributed by atoms with van der Waals surface area (Å²) in [6.45, 7) is 16.4. The van der Waals surface area contributed by atoms with Gasteiger partial charge in [0, 0.05) is 79.4 Å². The number of fused-ring (bicyclic) bond motifs is 13. The van der Waals surface area contributed by atoms with E-state index in [0.717, 1.165) is 33.3 Å². The number of anilines is 2. The Bertz CT molecular complexity index is 3570. The number of benzene rings is 7. The molecule has 7 aromatic carbocycles. The van der Waals surface area contributed by atoms with Gasteiger partial charge >= 0.3 is 0 Å². The number of hydrogen-bond donors (Lipinski definition) is 1. The van der Waals surface area contributed by atoms with E-state index in [2.05, 4.69) is 186 Å². The first-order chi connectivity index (χ1) is 28.4. The average molecular weight is 799 g/mol. The van der Waals surface area contributed by atoms with Crippen molar-refractivity contribution in [3.8, 4) is 16.8 Å². The van der Waals surface area contributed by atoms with Crippen LogP contribution < -0.4 is 15.6 Å². The van der Waals surface area contributed by atoms with Gasteiger partial charge in [0.2, 0.25) is 6.71 Å². The minimum absolute atomic E-state index is 0.0383. The lowest BCUT2D eigenvalue weighted by atomic mass is 9.43. The summed E-state index contributed by atoms with van der Waals surface area (Å²) in [5.41, 5.74) is 14.4. The summed E-state index contributed by atoms with van der Waals surface area (Å²) in [6.07, 6.45) is 0. The van der Waals surface area contributed by atoms with Crippen LogP contribution in [0.5, 0.6) is 0 Å². The van der Waals surface area contributed by atoms with Gasteiger partial charge < -0.3 is 14.3 Å². The van der Waals surface area contributed by atoms with E-state index in [4.69, 9.17) is 4.42 Å². The second-order valence-electron chi connectivity index (χ2n) is 18.7. The topological polar surface area (TPSA) is 30.1 Å². The number of thiophene rings is 2. The summed E-state index contributed by atoms with van der Waals surface area (Å²) in [4.78, 5) is 0. The Balaban J connectivity index is 1.18. The van der Waals surface area contributed by atoms with Crippen molar-refractivity contribution in [3.05, 3.63) is 139 Å². The second kappa shape index (κ2) is 12.1. The smallest absolute Gasteiger partial charge is 0.225 e. The number of rotatable bonds is 3. The quantitative estimate of drug-likeness (QED) is 0.180. The maximum absolute atomic E-state index is 6.54. The van der Waals surface area contributed by atoms with Gasteiger partial charge in [-0.1, -0.05) is 115 Å². The molecule has 0 unspecified atom stereocenters. The standard InChI is InChI=1S/C53H43BN2OS2/c1-52(2,3)29-16-19-31(20-17-29)55-41-28-44-38(32-12-8-10-14-43(32)57-44)25-36(41)34-21-22-35-37-27-47-39(33-13-9-11-15-45(33)58-47)26-42(37)56-49(35)48(34)54(7)51-50(56)40-24-30(53(4,5)6)18-23-46(40)59-51/h8-28,55H,1-7H3. The van der Waals surface area contributed by atoms with E-state index in [1.165, 1.54) is 90.2 Å². The van der Waals surface area contributed by atoms with E-state index in [9.17, 15) is 0 Å². The highest BCUT2D eigenvalue weighted by Gasteiger charge is 2.36. The molecule has 3 nitrogen and oxygen atoms in total. The average Bonchev–Trinajstić information content (AvgIpc) is 3.97. The SMILES string of the molecule is CB1c2sc3ccc(C(C)(C)C)cc3c2-n2c3cc4c(cc3c3ccc(-c5cc6c(cc5Nc5ccc(C(C)(C)C)cc5)oc5ccccc56)c1c32)sc1ccccc14. The molecule has 0 saturated heterocycles. The molecule has 0 saturated carbocycles. The lowest BCUT2D eigenvalue weighted by Crippen LogP contribution is -2.44. The first-order valence-electron chi connectivity index (χ1n) is 20.7. The van der Waals surface area contributed by atoms with Crippen LogP contribution >= 0.6 is 22.7 Å². The lowest BCUT2D eigenvalue weighted by Gasteiger charge is -2.26. The fourth-order valence-electron chi connectivity index (χ4n) is 9.78. The zero-order chi connectivity index (χ0) is 40.1. The van der Waals surface area contributed by atoms with E-state index in [1.54, 1.807) is 0 Å². The van der Waals surface area contributed by atoms with Gasteiger partial charge in [0.25, 0.3) is 0 Å². The summed E-state index contributed by atoms with van der Waals surface area (Å²) < 4.78 is 14.6. The van der Waals surface area contributed by atoms with Gasteiger partial charge in [-0.3, -0.25) is 0 Å². The Morgan fingerprint density at radius 3 is 2.07 bits per heavy atom. The van der Waals surface area contributed by atoms with Crippen LogP contribution in [0.2, 0.25) is 6.82 Å². The Labute approximate surface area is 352 Å². The summed E-state index contributed by atoms with van der Waals surface area (Å²) in [5.74, 6) is 0. The van der Waals surface area contributed by atoms with Gasteiger partial charge in [-0.05, 0) is 87.6 Å². The molecule has 1 N–H and O–H groups in total. The molecule has 0 bridgehead atoms. The summed E-state index contributed by atoms with van der Waals surface area (Å²) in [6, 6.07) is 47.8. The summed E-state index contributed by atoms with van der Waals surface area (Å²) in [5, 5.41) is 12.8. The van der Waals surface area contributed by atoms with E-state index in [0.29, 0.717) is 0 Å². The van der Waals surface area contributed by atoms with Crippen molar-refractivity contribution in [2.45, 2.75) is 59.2 Å². The maximum Gasteiger partial charge on any atom is 0.225 e. The third-order valence-electron chi connectivity index (χ3n) is 12.9. The van der Waals surface area contributed by atoms with Gasteiger partial charge in [-0.2, -0.15) is 0 Å². The van der Waals surface area contributed by atoms with Crippen LogP contribution in [0, 0.1) is 0 Å². The van der Waals surface area contributed by atoms with Gasteiger partial charge in [-0.25, -0.2) is 0 Å². The van der Waals surface area contributed by atoms with Crippen molar-refractivity contribution in [2.75, 3.05) is 5.32 Å². The van der Waals surface area contributed by atoms with Crippen LogP contribution in [0.3, 0.4) is 0 Å². The molecule has 59 heavy (non-hydrogen) atoms. The molecule has 1 aliphatic rings. The molecule has 12 rings (SSSR count). The fraction of sp³-hybridized carbons (Fsp3) is 0.170. The summed E-state index contributed by atoms with van der Waals surface area (Å²) in [7, 11) is 0. The Morgan fingerprint density at radius 1 is 0.542 bits per heavy atom. The number of para-hydroxylation sites is 1. The molecule has 0 atom stereocenters. The van der Waals surface area contributed by atoms with Crippen molar-refractivity contribution in [2.24, 2.45) is 0 Å². The predicted octanol–water partition coefficient (Wildman–Crippen LogP) is 14.8. The van der Waals surface area contributed by atoms with Crippen molar-refractivity contribution < 1.29 is 4.42 Å². The molecule has 0 aliphatic carbocycles. The minimum atomic E-state index is 0.0383. The van der Waals surface area contributed by atoms with Crippen LogP contribution in [0.15, 0.2) is 132 Å². The van der Waals surface area contributed by atoms with Crippen LogP contribution in [0.1, 0.15) is 52.7 Å². The number of aromatic nitrogens is 1. The van der Waals surface area contributed by atoms with Crippen LogP contribution in [-0.2, 0) is 10.8 Å². The highest BCUT2D eigenvalue weighted by atomic mass is 32.1. The van der Waals surface area contributed by atoms with Gasteiger partial charge in [0.15, 0.2) is 0 Å². The molecule has 0 amide bonds. The number of nitrogens with one attached hydrogen (secondary N) is 1. The monoisotopic (exact) mass is 798 g/mol. The van der Waals surface area contributed by atoms with Crippen LogP contribution in [0.4, 0.5) is 11.4 Å². The molecule has 5 heterocycles. The lowest BCUT2D eigenvalue weighted by molar-refractivity contribution is 0.590. The highest BCUT2D eigenvalue weighted by molar-refractivity contribution is 7.31. The van der Waals surface area contributed by atoms with E-state index >= 15 is 0 Å². The molecule has 286 valence electrons. The first kappa shape index (κ1) is 35.2. The Kier molecular flexibility index (Phi) is 7.23. The highest BCUT2D eigenvalue weighted by Crippen LogP contribution is 2.46. The first-order valence-corrected chi connectivity index (χ1v) is 22.4. The third kappa shape index (κ3) is 5.12. The van der Waals surface area contributed by atoms with E-state index in [-0.39, 0.29) is 17.5 Å². The Hall–Kier alpha value is -5.82. The number of furan rings is 1. The normalized spacial score (nSPS) is 13.3. The van der Waals surface area contributed by atoms with Gasteiger partial charge in [0.1, 0.15) is 11.2 Å². The van der Waals surface area contributed by atoms with Crippen LogP contribution in [0.25, 0.3) is 90.8 Å². The molecule has 1 aliphatic heterocycles. The predicted molar refractivity (Wildman–Crippen MR) is 260 cm³/mol. The minimum Gasteiger partial charge on any atom is -0.456 e. The van der Waals surface area contributed by atoms with E-state index < -0.39 is 0 Å². The molecule has 11 aromatic rings. The van der Waals surface area contributed by atoms with E-state index in [1.807, 2.05) is 22.7 Å². The number of hydrogen-bond acceptors (Lipinski definition) is 4. The molecule has 0 spiro atoms. The largest absolute Gasteiger partial charge is 0.456 e. The maximum atomic E-state index is 6.54. The van der Waals surface area contributed by atoms with Crippen molar-refractivity contribution in [1.82, 2.24) is 4.57 Å². The zero-order valence-electron chi connectivity index (χ0n) is 34.4. The molecule has 0 radical (unpaired) electrons. The molecular formula is C53H43BN2OS2. The Morgan fingerprint density at radius 2 is 1.27 bits per heavy atom.